The number of hydrogen-bond acceptors (Lipinski definition) is 4. The third-order valence-corrected chi connectivity index (χ3v) is 2.64. The molecule has 0 aliphatic heterocycles. The van der Waals surface area contributed by atoms with Gasteiger partial charge in [0.15, 0.2) is 0 Å². The summed E-state index contributed by atoms with van der Waals surface area (Å²) < 4.78 is 0. The van der Waals surface area contributed by atoms with Crippen LogP contribution in [0.4, 0.5) is 11.8 Å². The maximum absolute atomic E-state index is 4.35. The lowest BCUT2D eigenvalue weighted by Gasteiger charge is -2.08. The van der Waals surface area contributed by atoms with E-state index in [-0.39, 0.29) is 0 Å². The fourth-order valence-corrected chi connectivity index (χ4v) is 1.75. The van der Waals surface area contributed by atoms with Crippen LogP contribution in [-0.2, 0) is 6.42 Å². The standard InChI is InChI=1S/C14H18N4/c1-11-10-13(18-14(15-2)17-11)16-9-8-12-6-4-3-5-7-12/h3-7,10H,8-9H2,1-2H3,(H2,15,16,17,18). The minimum Gasteiger partial charge on any atom is -0.370 e. The van der Waals surface area contributed by atoms with Crippen LogP contribution in [0, 0.1) is 6.92 Å². The molecule has 0 fully saturated rings. The Morgan fingerprint density at radius 1 is 1.11 bits per heavy atom. The highest BCUT2D eigenvalue weighted by molar-refractivity contribution is 5.41. The molecule has 94 valence electrons. The number of aryl methyl sites for hydroxylation is 1. The molecule has 2 aromatic rings. The smallest absolute Gasteiger partial charge is 0.224 e. The van der Waals surface area contributed by atoms with Crippen LogP contribution < -0.4 is 10.6 Å². The number of anilines is 2. The van der Waals surface area contributed by atoms with E-state index in [1.807, 2.05) is 26.1 Å². The molecule has 2 rings (SSSR count). The van der Waals surface area contributed by atoms with Gasteiger partial charge in [-0.3, -0.25) is 0 Å². The van der Waals surface area contributed by atoms with Gasteiger partial charge in [-0.05, 0) is 18.9 Å². The van der Waals surface area contributed by atoms with Gasteiger partial charge < -0.3 is 10.6 Å². The van der Waals surface area contributed by atoms with E-state index in [9.17, 15) is 0 Å². The lowest BCUT2D eigenvalue weighted by Crippen LogP contribution is -2.08. The maximum atomic E-state index is 4.35. The van der Waals surface area contributed by atoms with Crippen molar-refractivity contribution >= 4 is 11.8 Å². The van der Waals surface area contributed by atoms with Crippen molar-refractivity contribution in [1.29, 1.82) is 0 Å². The first-order valence-corrected chi connectivity index (χ1v) is 6.09. The van der Waals surface area contributed by atoms with Crippen molar-refractivity contribution in [3.05, 3.63) is 47.7 Å². The van der Waals surface area contributed by atoms with Crippen molar-refractivity contribution in [2.75, 3.05) is 24.2 Å². The Bertz CT molecular complexity index is 496. The number of nitrogens with one attached hydrogen (secondary N) is 2. The molecule has 4 nitrogen and oxygen atoms in total. The molecular formula is C14H18N4. The summed E-state index contributed by atoms with van der Waals surface area (Å²) in [5.41, 5.74) is 2.28. The van der Waals surface area contributed by atoms with E-state index in [0.29, 0.717) is 5.95 Å². The second-order valence-corrected chi connectivity index (χ2v) is 4.13. The van der Waals surface area contributed by atoms with Crippen LogP contribution in [0.25, 0.3) is 0 Å². The van der Waals surface area contributed by atoms with Crippen LogP contribution in [0.1, 0.15) is 11.3 Å². The van der Waals surface area contributed by atoms with E-state index in [0.717, 1.165) is 24.5 Å². The Hall–Kier alpha value is -2.10. The van der Waals surface area contributed by atoms with Crippen LogP contribution in [0.5, 0.6) is 0 Å². The summed E-state index contributed by atoms with van der Waals surface area (Å²) >= 11 is 0. The van der Waals surface area contributed by atoms with Crippen molar-refractivity contribution in [3.8, 4) is 0 Å². The fraction of sp³-hybridized carbons (Fsp3) is 0.286. The molecule has 0 unspecified atom stereocenters. The van der Waals surface area contributed by atoms with E-state index < -0.39 is 0 Å². The van der Waals surface area contributed by atoms with Gasteiger partial charge in [-0.1, -0.05) is 30.3 Å². The zero-order chi connectivity index (χ0) is 12.8. The van der Waals surface area contributed by atoms with Crippen molar-refractivity contribution in [3.63, 3.8) is 0 Å². The van der Waals surface area contributed by atoms with Gasteiger partial charge in [-0.25, -0.2) is 4.98 Å². The predicted molar refractivity (Wildman–Crippen MR) is 75.0 cm³/mol. The highest BCUT2D eigenvalue weighted by Gasteiger charge is 2.00. The Morgan fingerprint density at radius 2 is 1.89 bits per heavy atom. The number of aromatic nitrogens is 2. The van der Waals surface area contributed by atoms with Crippen molar-refractivity contribution in [2.45, 2.75) is 13.3 Å². The molecular weight excluding hydrogens is 224 g/mol. The fourth-order valence-electron chi connectivity index (χ4n) is 1.75. The Labute approximate surface area is 107 Å². The van der Waals surface area contributed by atoms with Gasteiger partial charge in [-0.2, -0.15) is 4.98 Å². The second-order valence-electron chi connectivity index (χ2n) is 4.13. The Balaban J connectivity index is 1.92. The van der Waals surface area contributed by atoms with Crippen LogP contribution >= 0.6 is 0 Å². The first kappa shape index (κ1) is 12.4. The van der Waals surface area contributed by atoms with Gasteiger partial charge in [0, 0.05) is 25.4 Å². The van der Waals surface area contributed by atoms with Crippen LogP contribution in [0.3, 0.4) is 0 Å². The molecule has 0 spiro atoms. The van der Waals surface area contributed by atoms with Crippen molar-refractivity contribution in [2.24, 2.45) is 0 Å². The molecule has 0 atom stereocenters. The number of rotatable bonds is 5. The zero-order valence-electron chi connectivity index (χ0n) is 10.8. The van der Waals surface area contributed by atoms with Gasteiger partial charge in [0.05, 0.1) is 0 Å². The van der Waals surface area contributed by atoms with E-state index in [1.54, 1.807) is 0 Å². The lowest BCUT2D eigenvalue weighted by molar-refractivity contribution is 0.993. The quantitative estimate of drug-likeness (QED) is 0.845. The summed E-state index contributed by atoms with van der Waals surface area (Å²) in [5, 5.41) is 6.27. The summed E-state index contributed by atoms with van der Waals surface area (Å²) in [6, 6.07) is 12.4. The molecule has 0 aliphatic rings. The monoisotopic (exact) mass is 242 g/mol. The normalized spacial score (nSPS) is 10.1. The average Bonchev–Trinajstić information content (AvgIpc) is 2.39. The molecule has 0 saturated carbocycles. The highest BCUT2D eigenvalue weighted by Crippen LogP contribution is 2.09. The predicted octanol–water partition coefficient (Wildman–Crippen LogP) is 2.48. The molecule has 18 heavy (non-hydrogen) atoms. The molecule has 2 N–H and O–H groups in total. The van der Waals surface area contributed by atoms with Crippen molar-refractivity contribution < 1.29 is 0 Å². The van der Waals surface area contributed by atoms with Gasteiger partial charge in [0.25, 0.3) is 0 Å². The molecule has 0 radical (unpaired) electrons. The third kappa shape index (κ3) is 3.45. The second kappa shape index (κ2) is 6.00. The molecule has 0 bridgehead atoms. The molecule has 0 saturated heterocycles. The third-order valence-electron chi connectivity index (χ3n) is 2.64. The van der Waals surface area contributed by atoms with Gasteiger partial charge >= 0.3 is 0 Å². The van der Waals surface area contributed by atoms with Gasteiger partial charge in [0.1, 0.15) is 5.82 Å². The summed E-state index contributed by atoms with van der Waals surface area (Å²) in [7, 11) is 1.82. The van der Waals surface area contributed by atoms with Gasteiger partial charge in [0.2, 0.25) is 5.95 Å². The zero-order valence-corrected chi connectivity index (χ0v) is 10.8. The highest BCUT2D eigenvalue weighted by atomic mass is 15.1. The SMILES string of the molecule is CNc1nc(C)cc(NCCc2ccccc2)n1. The Morgan fingerprint density at radius 3 is 2.61 bits per heavy atom. The topological polar surface area (TPSA) is 49.8 Å². The number of nitrogens with zero attached hydrogens (tertiary/aromatic N) is 2. The maximum Gasteiger partial charge on any atom is 0.224 e. The Kier molecular flexibility index (Phi) is 4.12. The number of hydrogen-bond donors (Lipinski definition) is 2. The molecule has 1 heterocycles. The largest absolute Gasteiger partial charge is 0.370 e. The van der Waals surface area contributed by atoms with E-state index in [2.05, 4.69) is 44.9 Å². The first-order chi connectivity index (χ1) is 8.78. The molecule has 1 aromatic heterocycles. The molecule has 0 aliphatic carbocycles. The summed E-state index contributed by atoms with van der Waals surface area (Å²) in [6.45, 7) is 2.83. The molecule has 4 heteroatoms. The van der Waals surface area contributed by atoms with Gasteiger partial charge in [-0.15, -0.1) is 0 Å². The van der Waals surface area contributed by atoms with E-state index in [4.69, 9.17) is 0 Å². The lowest BCUT2D eigenvalue weighted by atomic mass is 10.1. The van der Waals surface area contributed by atoms with Crippen LogP contribution in [0.2, 0.25) is 0 Å². The van der Waals surface area contributed by atoms with E-state index in [1.165, 1.54) is 5.56 Å². The molecule has 1 aromatic carbocycles. The van der Waals surface area contributed by atoms with Crippen molar-refractivity contribution in [1.82, 2.24) is 9.97 Å². The minimum atomic E-state index is 0.650. The summed E-state index contributed by atoms with van der Waals surface area (Å²) in [4.78, 5) is 8.61. The van der Waals surface area contributed by atoms with E-state index >= 15 is 0 Å². The molecule has 0 amide bonds. The summed E-state index contributed by atoms with van der Waals surface area (Å²) in [5.74, 6) is 1.51. The minimum absolute atomic E-state index is 0.650. The number of benzene rings is 1. The van der Waals surface area contributed by atoms with Crippen LogP contribution in [-0.4, -0.2) is 23.6 Å². The summed E-state index contributed by atoms with van der Waals surface area (Å²) in [6.07, 6.45) is 0.985. The van der Waals surface area contributed by atoms with Crippen LogP contribution in [0.15, 0.2) is 36.4 Å². The average molecular weight is 242 g/mol. The first-order valence-electron chi connectivity index (χ1n) is 6.09.